The zero-order valence-corrected chi connectivity index (χ0v) is 13.3. The second kappa shape index (κ2) is 7.10. The average molecular weight is 322 g/mol. The van der Waals surface area contributed by atoms with Crippen LogP contribution in [0.25, 0.3) is 11.3 Å². The zero-order chi connectivity index (χ0) is 16.9. The van der Waals surface area contributed by atoms with Gasteiger partial charge in [-0.15, -0.1) is 0 Å². The van der Waals surface area contributed by atoms with Crippen LogP contribution in [0.4, 0.5) is 0 Å². The number of hydrogen-bond donors (Lipinski definition) is 2. The van der Waals surface area contributed by atoms with Crippen molar-refractivity contribution in [3.63, 3.8) is 0 Å². The molecule has 2 N–H and O–H groups in total. The van der Waals surface area contributed by atoms with Crippen molar-refractivity contribution in [1.29, 1.82) is 0 Å². The van der Waals surface area contributed by atoms with Crippen molar-refractivity contribution in [2.24, 2.45) is 0 Å². The molecule has 2 aromatic carbocycles. The monoisotopic (exact) mass is 322 g/mol. The molecule has 0 aliphatic heterocycles. The highest BCUT2D eigenvalue weighted by atomic mass is 16.5. The van der Waals surface area contributed by atoms with Gasteiger partial charge in [-0.05, 0) is 18.1 Å². The van der Waals surface area contributed by atoms with Crippen molar-refractivity contribution in [1.82, 2.24) is 10.5 Å². The lowest BCUT2D eigenvalue weighted by Crippen LogP contribution is -2.22. The van der Waals surface area contributed by atoms with Crippen molar-refractivity contribution in [2.45, 2.75) is 20.1 Å². The van der Waals surface area contributed by atoms with E-state index in [1.54, 1.807) is 6.07 Å². The van der Waals surface area contributed by atoms with Crippen LogP contribution in [0.1, 0.15) is 27.2 Å². The second-order valence-electron chi connectivity index (χ2n) is 5.55. The van der Waals surface area contributed by atoms with Crippen LogP contribution >= 0.6 is 0 Å². The number of carbonyl (C=O) groups is 1. The number of nitrogens with one attached hydrogen (secondary N) is 1. The van der Waals surface area contributed by atoms with E-state index >= 15 is 0 Å². The van der Waals surface area contributed by atoms with Crippen LogP contribution in [0.2, 0.25) is 0 Å². The van der Waals surface area contributed by atoms with Gasteiger partial charge in [-0.25, -0.2) is 0 Å². The number of aliphatic hydroxyl groups is 1. The molecule has 0 radical (unpaired) electrons. The molecular formula is C19H18N2O3. The minimum absolute atomic E-state index is 0.0636. The van der Waals surface area contributed by atoms with Crippen LogP contribution in [0.15, 0.2) is 59.1 Å². The lowest BCUT2D eigenvalue weighted by molar-refractivity contribution is 0.0913. The maximum Gasteiger partial charge on any atom is 0.290 e. The third-order valence-corrected chi connectivity index (χ3v) is 3.81. The van der Waals surface area contributed by atoms with Crippen molar-refractivity contribution in [3.8, 4) is 11.3 Å². The third kappa shape index (κ3) is 3.52. The Morgan fingerprint density at radius 2 is 1.83 bits per heavy atom. The minimum atomic E-state index is -0.339. The van der Waals surface area contributed by atoms with Crippen molar-refractivity contribution >= 4 is 5.91 Å². The molecule has 0 saturated carbocycles. The molecule has 0 aliphatic carbocycles. The Morgan fingerprint density at radius 1 is 1.12 bits per heavy atom. The van der Waals surface area contributed by atoms with E-state index < -0.39 is 0 Å². The van der Waals surface area contributed by atoms with Crippen LogP contribution in [0, 0.1) is 6.92 Å². The third-order valence-electron chi connectivity index (χ3n) is 3.81. The van der Waals surface area contributed by atoms with Gasteiger partial charge in [0, 0.05) is 18.2 Å². The number of rotatable bonds is 5. The first-order valence-electron chi connectivity index (χ1n) is 7.67. The summed E-state index contributed by atoms with van der Waals surface area (Å²) >= 11 is 0. The fourth-order valence-corrected chi connectivity index (χ4v) is 2.39. The highest BCUT2D eigenvalue weighted by Crippen LogP contribution is 2.19. The molecule has 0 unspecified atom stereocenters. The summed E-state index contributed by atoms with van der Waals surface area (Å²) in [5, 5.41) is 16.0. The molecular weight excluding hydrogens is 304 g/mol. The lowest BCUT2D eigenvalue weighted by atomic mass is 10.1. The molecule has 0 saturated heterocycles. The number of amides is 1. The summed E-state index contributed by atoms with van der Waals surface area (Å²) in [6.45, 7) is 2.26. The van der Waals surface area contributed by atoms with Gasteiger partial charge in [-0.2, -0.15) is 0 Å². The van der Waals surface area contributed by atoms with Crippen LogP contribution in [0.5, 0.6) is 0 Å². The number of aliphatic hydroxyl groups excluding tert-OH is 1. The summed E-state index contributed by atoms with van der Waals surface area (Å²) < 4.78 is 5.14. The van der Waals surface area contributed by atoms with Gasteiger partial charge in [0.25, 0.3) is 5.91 Å². The fraction of sp³-hybridized carbons (Fsp3) is 0.158. The molecule has 24 heavy (non-hydrogen) atoms. The molecule has 0 spiro atoms. The van der Waals surface area contributed by atoms with Gasteiger partial charge in [0.2, 0.25) is 5.76 Å². The Hall–Kier alpha value is -2.92. The number of carbonyl (C=O) groups excluding carboxylic acids is 1. The summed E-state index contributed by atoms with van der Waals surface area (Å²) in [5.41, 5.74) is 4.33. The highest BCUT2D eigenvalue weighted by molar-refractivity contribution is 5.92. The normalized spacial score (nSPS) is 10.6. The van der Waals surface area contributed by atoms with E-state index in [1.165, 1.54) is 0 Å². The van der Waals surface area contributed by atoms with Crippen LogP contribution in [-0.2, 0) is 13.2 Å². The van der Waals surface area contributed by atoms with Crippen molar-refractivity contribution in [3.05, 3.63) is 77.0 Å². The fourth-order valence-electron chi connectivity index (χ4n) is 2.39. The van der Waals surface area contributed by atoms with Crippen LogP contribution in [-0.4, -0.2) is 16.2 Å². The molecule has 0 fully saturated rings. The van der Waals surface area contributed by atoms with E-state index in [2.05, 4.69) is 10.5 Å². The second-order valence-corrected chi connectivity index (χ2v) is 5.55. The number of aryl methyl sites for hydroxylation is 1. The minimum Gasteiger partial charge on any atom is -0.392 e. The maximum atomic E-state index is 12.2. The first-order valence-corrected chi connectivity index (χ1v) is 7.67. The summed E-state index contributed by atoms with van der Waals surface area (Å²) in [4.78, 5) is 12.2. The summed E-state index contributed by atoms with van der Waals surface area (Å²) in [6.07, 6.45) is 0. The molecule has 1 amide bonds. The van der Waals surface area contributed by atoms with Gasteiger partial charge < -0.3 is 14.9 Å². The van der Waals surface area contributed by atoms with Gasteiger partial charge >= 0.3 is 0 Å². The Morgan fingerprint density at radius 3 is 2.54 bits per heavy atom. The SMILES string of the molecule is Cc1ccc(-c2cc(C(=O)NCc3ccccc3CO)on2)cc1. The first kappa shape index (κ1) is 16.0. The first-order chi connectivity index (χ1) is 11.7. The Labute approximate surface area is 139 Å². The Balaban J connectivity index is 1.69. The lowest BCUT2D eigenvalue weighted by Gasteiger charge is -2.07. The number of benzene rings is 2. The molecule has 1 aromatic heterocycles. The van der Waals surface area contributed by atoms with Crippen molar-refractivity contribution in [2.75, 3.05) is 0 Å². The summed E-state index contributed by atoms with van der Waals surface area (Å²) in [6, 6.07) is 16.9. The summed E-state index contributed by atoms with van der Waals surface area (Å²) in [5.74, 6) is -0.180. The van der Waals surface area contributed by atoms with Gasteiger partial charge in [0.15, 0.2) is 0 Å². The Bertz CT molecular complexity index is 838. The van der Waals surface area contributed by atoms with Gasteiger partial charge in [0.1, 0.15) is 5.69 Å². The van der Waals surface area contributed by atoms with Gasteiger partial charge in [0.05, 0.1) is 6.61 Å². The van der Waals surface area contributed by atoms with Crippen LogP contribution < -0.4 is 5.32 Å². The van der Waals surface area contributed by atoms with E-state index in [9.17, 15) is 9.90 Å². The van der Waals surface area contributed by atoms with Gasteiger partial charge in [-0.3, -0.25) is 4.79 Å². The van der Waals surface area contributed by atoms with Crippen molar-refractivity contribution < 1.29 is 14.4 Å². The molecule has 122 valence electrons. The van der Waals surface area contributed by atoms with E-state index in [0.29, 0.717) is 12.2 Å². The topological polar surface area (TPSA) is 75.4 Å². The van der Waals surface area contributed by atoms with E-state index in [-0.39, 0.29) is 18.3 Å². The molecule has 1 heterocycles. The summed E-state index contributed by atoms with van der Waals surface area (Å²) in [7, 11) is 0. The molecule has 3 rings (SSSR count). The number of nitrogens with zero attached hydrogens (tertiary/aromatic N) is 1. The average Bonchev–Trinajstić information content (AvgIpc) is 3.10. The largest absolute Gasteiger partial charge is 0.392 e. The van der Waals surface area contributed by atoms with E-state index in [0.717, 1.165) is 22.3 Å². The van der Waals surface area contributed by atoms with Gasteiger partial charge in [-0.1, -0.05) is 59.3 Å². The van der Waals surface area contributed by atoms with E-state index in [1.807, 2.05) is 55.5 Å². The van der Waals surface area contributed by atoms with Crippen LogP contribution in [0.3, 0.4) is 0 Å². The number of hydrogen-bond acceptors (Lipinski definition) is 4. The molecule has 0 bridgehead atoms. The van der Waals surface area contributed by atoms with E-state index in [4.69, 9.17) is 4.52 Å². The predicted octanol–water partition coefficient (Wildman–Crippen LogP) is 3.07. The maximum absolute atomic E-state index is 12.2. The quantitative estimate of drug-likeness (QED) is 0.757. The molecule has 5 heteroatoms. The predicted molar refractivity (Wildman–Crippen MR) is 90.2 cm³/mol. The molecule has 0 aliphatic rings. The highest BCUT2D eigenvalue weighted by Gasteiger charge is 2.14. The standard InChI is InChI=1S/C19H18N2O3/c1-13-6-8-14(9-7-13)17-10-18(24-21-17)19(23)20-11-15-4-2-3-5-16(15)12-22/h2-10,22H,11-12H2,1H3,(H,20,23). The molecule has 5 nitrogen and oxygen atoms in total. The molecule has 0 atom stereocenters. The molecule has 3 aromatic rings. The zero-order valence-electron chi connectivity index (χ0n) is 13.3. The number of aromatic nitrogens is 1. The smallest absolute Gasteiger partial charge is 0.290 e. The Kier molecular flexibility index (Phi) is 4.72.